The van der Waals surface area contributed by atoms with E-state index in [0.29, 0.717) is 16.4 Å². The molecule has 0 aliphatic carbocycles. The topological polar surface area (TPSA) is 87.1 Å². The van der Waals surface area contributed by atoms with Crippen LogP contribution in [0.3, 0.4) is 0 Å². The van der Waals surface area contributed by atoms with Gasteiger partial charge in [-0.25, -0.2) is 0 Å². The quantitative estimate of drug-likeness (QED) is 0.573. The van der Waals surface area contributed by atoms with Gasteiger partial charge in [0.2, 0.25) is 0 Å². The fourth-order valence-electron chi connectivity index (χ4n) is 2.04. The molecule has 0 bridgehead atoms. The van der Waals surface area contributed by atoms with Gasteiger partial charge in [0.1, 0.15) is 10.8 Å². The first-order valence-corrected chi connectivity index (χ1v) is 8.07. The minimum Gasteiger partial charge on any atom is -0.459 e. The van der Waals surface area contributed by atoms with Gasteiger partial charge in [0, 0.05) is 5.02 Å². The highest BCUT2D eigenvalue weighted by atomic mass is 35.5. The summed E-state index contributed by atoms with van der Waals surface area (Å²) >= 11 is 17.6. The van der Waals surface area contributed by atoms with Crippen molar-refractivity contribution in [2.75, 3.05) is 10.6 Å². The molecule has 2 aromatic heterocycles. The van der Waals surface area contributed by atoms with E-state index in [1.165, 1.54) is 24.5 Å². The summed E-state index contributed by atoms with van der Waals surface area (Å²) in [5.41, 5.74) is 0.829. The molecule has 3 N–H and O–H groups in total. The van der Waals surface area contributed by atoms with Crippen LogP contribution < -0.4 is 10.6 Å². The normalized spacial score (nSPS) is 10.5. The molecule has 9 heteroatoms. The Hall–Kier alpha value is -2.41. The predicted octanol–water partition coefficient (Wildman–Crippen LogP) is 5.07. The van der Waals surface area contributed by atoms with Crippen LogP contribution in [0, 0.1) is 0 Å². The van der Waals surface area contributed by atoms with Crippen LogP contribution in [0.2, 0.25) is 15.2 Å². The third kappa shape index (κ3) is 3.99. The summed E-state index contributed by atoms with van der Waals surface area (Å²) in [5, 5.41) is 6.07. The number of halogens is 3. The second kappa shape index (κ2) is 7.23. The van der Waals surface area contributed by atoms with E-state index in [1.807, 2.05) is 0 Å². The monoisotopic (exact) mass is 397 g/mol. The number of hydrogen-bond acceptors (Lipinski definition) is 3. The molecule has 0 saturated heterocycles. The van der Waals surface area contributed by atoms with Crippen molar-refractivity contribution >= 4 is 58.0 Å². The molecule has 25 heavy (non-hydrogen) atoms. The first kappa shape index (κ1) is 17.4. The van der Waals surface area contributed by atoms with Crippen molar-refractivity contribution in [2.24, 2.45) is 0 Å². The summed E-state index contributed by atoms with van der Waals surface area (Å²) in [7, 11) is 0. The summed E-state index contributed by atoms with van der Waals surface area (Å²) in [6, 6.07) is 9.15. The van der Waals surface area contributed by atoms with Gasteiger partial charge in [-0.3, -0.25) is 9.59 Å². The molecule has 0 fully saturated rings. The van der Waals surface area contributed by atoms with Crippen LogP contribution >= 0.6 is 34.8 Å². The molecule has 0 spiro atoms. The molecule has 0 unspecified atom stereocenters. The highest BCUT2D eigenvalue weighted by Crippen LogP contribution is 2.28. The lowest BCUT2D eigenvalue weighted by Crippen LogP contribution is -2.16. The zero-order valence-corrected chi connectivity index (χ0v) is 14.7. The van der Waals surface area contributed by atoms with Gasteiger partial charge in [0.05, 0.1) is 22.7 Å². The van der Waals surface area contributed by atoms with Crippen molar-refractivity contribution < 1.29 is 14.0 Å². The molecule has 128 valence electrons. The minimum atomic E-state index is -0.482. The van der Waals surface area contributed by atoms with E-state index in [0.717, 1.165) is 0 Å². The van der Waals surface area contributed by atoms with Crippen LogP contribution in [0.15, 0.2) is 47.1 Å². The van der Waals surface area contributed by atoms with Crippen LogP contribution in [0.1, 0.15) is 21.0 Å². The molecular formula is C16H10Cl3N3O3. The van der Waals surface area contributed by atoms with E-state index >= 15 is 0 Å². The lowest BCUT2D eigenvalue weighted by Gasteiger charge is -2.12. The summed E-state index contributed by atoms with van der Waals surface area (Å²) in [6.45, 7) is 0. The summed E-state index contributed by atoms with van der Waals surface area (Å²) < 4.78 is 5.04. The molecule has 2 amide bonds. The Morgan fingerprint density at radius 1 is 0.960 bits per heavy atom. The zero-order chi connectivity index (χ0) is 18.0. The smallest absolute Gasteiger partial charge is 0.291 e. The molecule has 1 aromatic carbocycles. The number of aromatic amines is 1. The summed E-state index contributed by atoms with van der Waals surface area (Å²) in [4.78, 5) is 27.1. The van der Waals surface area contributed by atoms with Gasteiger partial charge in [-0.05, 0) is 36.4 Å². The van der Waals surface area contributed by atoms with Crippen molar-refractivity contribution in [1.29, 1.82) is 0 Å². The number of H-pyrrole nitrogens is 1. The average Bonchev–Trinajstić information content (AvgIpc) is 3.21. The molecule has 3 aromatic rings. The summed E-state index contributed by atoms with van der Waals surface area (Å²) in [5.74, 6) is -0.835. The Morgan fingerprint density at radius 2 is 1.72 bits per heavy atom. The SMILES string of the molecule is O=C(Nc1ccc(Cl)cc1NC(=O)c1ccco1)c1cc(Cl)c(Cl)[nH]1. The second-order valence-electron chi connectivity index (χ2n) is 4.92. The van der Waals surface area contributed by atoms with Crippen molar-refractivity contribution in [1.82, 2.24) is 4.98 Å². The zero-order valence-electron chi connectivity index (χ0n) is 12.4. The molecular weight excluding hydrogens is 389 g/mol. The molecule has 0 radical (unpaired) electrons. The predicted molar refractivity (Wildman–Crippen MR) is 96.9 cm³/mol. The van der Waals surface area contributed by atoms with E-state index in [-0.39, 0.29) is 21.6 Å². The maximum atomic E-state index is 12.3. The van der Waals surface area contributed by atoms with Crippen molar-refractivity contribution in [2.45, 2.75) is 0 Å². The van der Waals surface area contributed by atoms with Gasteiger partial charge in [-0.2, -0.15) is 0 Å². The third-order valence-corrected chi connectivity index (χ3v) is 4.12. The second-order valence-corrected chi connectivity index (χ2v) is 6.14. The Bertz CT molecular complexity index is 916. The Labute approximate surface area is 157 Å². The molecule has 0 aliphatic heterocycles. The van der Waals surface area contributed by atoms with Gasteiger partial charge in [-0.1, -0.05) is 34.8 Å². The maximum absolute atomic E-state index is 12.3. The highest BCUT2D eigenvalue weighted by Gasteiger charge is 2.16. The lowest BCUT2D eigenvalue weighted by molar-refractivity contribution is 0.0993. The lowest BCUT2D eigenvalue weighted by atomic mass is 10.2. The molecule has 3 rings (SSSR count). The van der Waals surface area contributed by atoms with E-state index in [2.05, 4.69) is 15.6 Å². The van der Waals surface area contributed by atoms with E-state index in [1.54, 1.807) is 18.2 Å². The maximum Gasteiger partial charge on any atom is 0.291 e. The third-order valence-electron chi connectivity index (χ3n) is 3.19. The van der Waals surface area contributed by atoms with Crippen LogP contribution in [-0.4, -0.2) is 16.8 Å². The number of hydrogen-bond donors (Lipinski definition) is 3. The molecule has 2 heterocycles. The number of furan rings is 1. The number of amides is 2. The number of nitrogens with one attached hydrogen (secondary N) is 3. The largest absolute Gasteiger partial charge is 0.459 e. The van der Waals surface area contributed by atoms with Gasteiger partial charge in [0.15, 0.2) is 5.76 Å². The van der Waals surface area contributed by atoms with Crippen molar-refractivity contribution in [3.8, 4) is 0 Å². The van der Waals surface area contributed by atoms with Gasteiger partial charge in [0.25, 0.3) is 11.8 Å². The first-order valence-electron chi connectivity index (χ1n) is 6.94. The summed E-state index contributed by atoms with van der Waals surface area (Å²) in [6.07, 6.45) is 1.38. The molecule has 0 atom stereocenters. The molecule has 0 saturated carbocycles. The van der Waals surface area contributed by atoms with Crippen LogP contribution in [-0.2, 0) is 0 Å². The number of benzene rings is 1. The van der Waals surface area contributed by atoms with Crippen LogP contribution in [0.4, 0.5) is 11.4 Å². The van der Waals surface area contributed by atoms with Crippen molar-refractivity contribution in [3.63, 3.8) is 0 Å². The van der Waals surface area contributed by atoms with Gasteiger partial charge >= 0.3 is 0 Å². The number of carbonyl (C=O) groups is 2. The Kier molecular flexibility index (Phi) is 5.03. The number of anilines is 2. The van der Waals surface area contributed by atoms with Crippen molar-refractivity contribution in [3.05, 3.63) is 69.3 Å². The molecule has 6 nitrogen and oxygen atoms in total. The fourth-order valence-corrected chi connectivity index (χ4v) is 2.52. The number of rotatable bonds is 4. The van der Waals surface area contributed by atoms with E-state index in [9.17, 15) is 9.59 Å². The van der Waals surface area contributed by atoms with Gasteiger partial charge in [-0.15, -0.1) is 0 Å². The number of carbonyl (C=O) groups excluding carboxylic acids is 2. The van der Waals surface area contributed by atoms with E-state index < -0.39 is 11.8 Å². The first-order chi connectivity index (χ1) is 11.9. The van der Waals surface area contributed by atoms with Gasteiger partial charge < -0.3 is 20.0 Å². The highest BCUT2D eigenvalue weighted by molar-refractivity contribution is 6.41. The number of aromatic nitrogens is 1. The Morgan fingerprint density at radius 3 is 2.36 bits per heavy atom. The average molecular weight is 399 g/mol. The van der Waals surface area contributed by atoms with E-state index in [4.69, 9.17) is 39.2 Å². The standard InChI is InChI=1S/C16H10Cl3N3O3/c17-8-3-4-10(21-15(23)12-7-9(18)14(19)20-12)11(6-8)22-16(24)13-2-1-5-25-13/h1-7,20H,(H,21,23)(H,22,24). The minimum absolute atomic E-state index is 0.125. The van der Waals surface area contributed by atoms with Crippen LogP contribution in [0.5, 0.6) is 0 Å². The fraction of sp³-hybridized carbons (Fsp3) is 0. The Balaban J connectivity index is 1.83. The van der Waals surface area contributed by atoms with Crippen LogP contribution in [0.25, 0.3) is 0 Å². The molecule has 0 aliphatic rings.